The van der Waals surface area contributed by atoms with Gasteiger partial charge in [0, 0.05) is 28.9 Å². The van der Waals surface area contributed by atoms with Crippen molar-refractivity contribution in [2.24, 2.45) is 0 Å². The zero-order valence-electron chi connectivity index (χ0n) is 30.6. The Balaban J connectivity index is 0.000000184. The van der Waals surface area contributed by atoms with Gasteiger partial charge in [0.2, 0.25) is 0 Å². The topological polar surface area (TPSA) is 0 Å². The zero-order valence-corrected chi connectivity index (χ0v) is 35.1. The second-order valence-corrected chi connectivity index (χ2v) is 22.5. The van der Waals surface area contributed by atoms with Crippen LogP contribution in [0.5, 0.6) is 0 Å². The Bertz CT molecular complexity index is 1730. The van der Waals surface area contributed by atoms with E-state index in [9.17, 15) is 0 Å². The van der Waals surface area contributed by atoms with Crippen LogP contribution in [-0.2, 0) is 17.1 Å². The molecular formula is C50H44CuP4. The third-order valence-electron chi connectivity index (χ3n) is 9.11. The maximum absolute atomic E-state index is 2.29. The van der Waals surface area contributed by atoms with E-state index in [1.807, 2.05) is 0 Å². The monoisotopic (exact) mass is 831 g/mol. The first-order chi connectivity index (χ1) is 26.8. The molecule has 1 radical (unpaired) electrons. The molecule has 55 heavy (non-hydrogen) atoms. The van der Waals surface area contributed by atoms with Crippen LogP contribution in [0.1, 0.15) is 0 Å². The van der Waals surface area contributed by atoms with Crippen molar-refractivity contribution in [1.82, 2.24) is 0 Å². The minimum atomic E-state index is -0.409. The molecule has 0 saturated heterocycles. The van der Waals surface area contributed by atoms with Crippen molar-refractivity contribution >= 4 is 74.1 Å². The smallest absolute Gasteiger partial charge is 0.00405 e. The van der Waals surface area contributed by atoms with Crippen molar-refractivity contribution in [2.45, 2.75) is 0 Å². The number of hydrogen-bond acceptors (Lipinski definition) is 0. The average Bonchev–Trinajstić information content (AvgIpc) is 3.27. The second kappa shape index (κ2) is 21.9. The van der Waals surface area contributed by atoms with Crippen molar-refractivity contribution in [2.75, 3.05) is 11.8 Å². The van der Waals surface area contributed by atoms with Crippen molar-refractivity contribution in [1.29, 1.82) is 0 Å². The van der Waals surface area contributed by atoms with Crippen LogP contribution in [0, 0.1) is 0 Å². The molecule has 0 nitrogen and oxygen atoms in total. The maximum Gasteiger partial charge on any atom is 0.00405 e. The molecule has 0 spiro atoms. The molecule has 0 N–H and O–H groups in total. The molecule has 0 heterocycles. The Labute approximate surface area is 343 Å². The van der Waals surface area contributed by atoms with E-state index >= 15 is 0 Å². The summed E-state index contributed by atoms with van der Waals surface area (Å²) in [6.07, 6.45) is 0. The SMILES string of the molecule is [Cu].c1ccc(P(CP(c2ccccc2)c2ccccc2)c2ccccc2)cc1.c1ccc(P(CP(c2ccccc2)c2ccccc2)c2ccccc2)cc1. The molecule has 0 aromatic heterocycles. The molecule has 8 rings (SSSR count). The van der Waals surface area contributed by atoms with Gasteiger partial charge in [-0.2, -0.15) is 0 Å². The molecule has 0 aliphatic heterocycles. The van der Waals surface area contributed by atoms with E-state index in [0.29, 0.717) is 0 Å². The van der Waals surface area contributed by atoms with Gasteiger partial charge in [-0.1, -0.05) is 243 Å². The van der Waals surface area contributed by atoms with Gasteiger partial charge in [0.1, 0.15) is 0 Å². The fourth-order valence-electron chi connectivity index (χ4n) is 6.40. The van der Waals surface area contributed by atoms with Gasteiger partial charge in [-0.05, 0) is 74.1 Å². The largest absolute Gasteiger partial charge is 0.0622 e. The van der Waals surface area contributed by atoms with Crippen molar-refractivity contribution in [3.63, 3.8) is 0 Å². The molecule has 5 heteroatoms. The molecule has 0 saturated carbocycles. The summed E-state index contributed by atoms with van der Waals surface area (Å²) in [5, 5.41) is 11.7. The molecule has 0 amide bonds. The molecule has 0 aliphatic carbocycles. The number of hydrogen-bond donors (Lipinski definition) is 0. The van der Waals surface area contributed by atoms with Gasteiger partial charge in [-0.15, -0.1) is 0 Å². The van der Waals surface area contributed by atoms with E-state index in [1.54, 1.807) is 0 Å². The van der Waals surface area contributed by atoms with E-state index in [0.717, 1.165) is 0 Å². The van der Waals surface area contributed by atoms with Crippen molar-refractivity contribution in [3.8, 4) is 0 Å². The van der Waals surface area contributed by atoms with Gasteiger partial charge < -0.3 is 0 Å². The standard InChI is InChI=1S/2C25H22P2.Cu/c2*1-5-13-22(14-6-1)26(23-15-7-2-8-16-23)21-27(24-17-9-3-10-18-24)25-19-11-4-12-20-25;/h2*1-20H,21H2;. The summed E-state index contributed by atoms with van der Waals surface area (Å²) >= 11 is 0. The van der Waals surface area contributed by atoms with Crippen LogP contribution in [0.3, 0.4) is 0 Å². The average molecular weight is 832 g/mol. The maximum atomic E-state index is 2.29. The van der Waals surface area contributed by atoms with Crippen molar-refractivity contribution < 1.29 is 17.1 Å². The summed E-state index contributed by atoms with van der Waals surface area (Å²) in [4.78, 5) is 0. The van der Waals surface area contributed by atoms with E-state index < -0.39 is 31.7 Å². The molecule has 8 aromatic rings. The quantitative estimate of drug-likeness (QED) is 0.0850. The first kappa shape index (κ1) is 40.7. The van der Waals surface area contributed by atoms with E-state index in [-0.39, 0.29) is 17.1 Å². The zero-order chi connectivity index (χ0) is 36.6. The third kappa shape index (κ3) is 11.5. The second-order valence-electron chi connectivity index (χ2n) is 12.7. The van der Waals surface area contributed by atoms with Crippen LogP contribution >= 0.6 is 31.7 Å². The summed E-state index contributed by atoms with van der Waals surface area (Å²) in [5.74, 6) is 2.35. The van der Waals surface area contributed by atoms with Gasteiger partial charge in [-0.3, -0.25) is 0 Å². The fourth-order valence-corrected chi connectivity index (χ4v) is 19.3. The van der Waals surface area contributed by atoms with Crippen LogP contribution in [0.15, 0.2) is 243 Å². The molecule has 275 valence electrons. The van der Waals surface area contributed by atoms with Crippen LogP contribution in [0.2, 0.25) is 0 Å². The third-order valence-corrected chi connectivity index (χ3v) is 21.0. The molecule has 8 aromatic carbocycles. The van der Waals surface area contributed by atoms with Crippen LogP contribution in [0.4, 0.5) is 0 Å². The molecular weight excluding hydrogens is 788 g/mol. The summed E-state index contributed by atoms with van der Waals surface area (Å²) in [6.45, 7) is 0. The van der Waals surface area contributed by atoms with E-state index in [4.69, 9.17) is 0 Å². The summed E-state index contributed by atoms with van der Waals surface area (Å²) in [6, 6.07) is 88.3. The molecule has 0 atom stereocenters. The van der Waals surface area contributed by atoms with Gasteiger partial charge >= 0.3 is 0 Å². The number of rotatable bonds is 12. The molecule has 0 aliphatic rings. The van der Waals surface area contributed by atoms with Gasteiger partial charge in [0.25, 0.3) is 0 Å². The Kier molecular flexibility index (Phi) is 16.2. The van der Waals surface area contributed by atoms with E-state index in [1.165, 1.54) is 54.2 Å². The minimum Gasteiger partial charge on any atom is -0.0622 e. The predicted molar refractivity (Wildman–Crippen MR) is 246 cm³/mol. The number of benzene rings is 8. The molecule has 0 bridgehead atoms. The summed E-state index contributed by atoms with van der Waals surface area (Å²) in [5.41, 5.74) is 0. The Morgan fingerprint density at radius 2 is 0.291 bits per heavy atom. The van der Waals surface area contributed by atoms with Gasteiger partial charge in [0.15, 0.2) is 0 Å². The predicted octanol–water partition coefficient (Wildman–Crippen LogP) is 10.4. The van der Waals surface area contributed by atoms with Crippen LogP contribution < -0.4 is 42.4 Å². The van der Waals surface area contributed by atoms with E-state index in [2.05, 4.69) is 243 Å². The van der Waals surface area contributed by atoms with Crippen LogP contribution in [0.25, 0.3) is 0 Å². The Morgan fingerprint density at radius 3 is 0.400 bits per heavy atom. The summed E-state index contributed by atoms with van der Waals surface area (Å²) in [7, 11) is -1.63. The minimum absolute atomic E-state index is 0. The first-order valence-electron chi connectivity index (χ1n) is 18.3. The molecule has 0 unspecified atom stereocenters. The Morgan fingerprint density at radius 1 is 0.182 bits per heavy atom. The molecule has 0 fully saturated rings. The van der Waals surface area contributed by atoms with Crippen LogP contribution in [-0.4, -0.2) is 11.8 Å². The normalized spacial score (nSPS) is 10.8. The summed E-state index contributed by atoms with van der Waals surface area (Å²) < 4.78 is 0. The van der Waals surface area contributed by atoms with Crippen molar-refractivity contribution in [3.05, 3.63) is 243 Å². The first-order valence-corrected chi connectivity index (χ1v) is 24.4. The Hall–Kier alpha value is -4.00. The fraction of sp³-hybridized carbons (Fsp3) is 0.0400. The van der Waals surface area contributed by atoms with Gasteiger partial charge in [-0.25, -0.2) is 0 Å². The van der Waals surface area contributed by atoms with Gasteiger partial charge in [0.05, 0.1) is 0 Å².